The van der Waals surface area contributed by atoms with Gasteiger partial charge in [-0.3, -0.25) is 0 Å². The molecule has 1 unspecified atom stereocenters. The molecule has 1 atom stereocenters. The highest BCUT2D eigenvalue weighted by molar-refractivity contribution is 7.89. The highest BCUT2D eigenvalue weighted by atomic mass is 32.2. The molecule has 6 heteroatoms. The van der Waals surface area contributed by atoms with Crippen molar-refractivity contribution in [1.29, 1.82) is 0 Å². The third-order valence-corrected chi connectivity index (χ3v) is 3.56. The molecule has 17 heavy (non-hydrogen) atoms. The fourth-order valence-corrected chi connectivity index (χ4v) is 1.73. The van der Waals surface area contributed by atoms with Gasteiger partial charge >= 0.3 is 0 Å². The van der Waals surface area contributed by atoms with Gasteiger partial charge in [0.15, 0.2) is 0 Å². The first kappa shape index (κ1) is 13.9. The van der Waals surface area contributed by atoms with Gasteiger partial charge in [0.25, 0.3) is 0 Å². The van der Waals surface area contributed by atoms with Crippen LogP contribution in [0.2, 0.25) is 0 Å². The molecule has 0 saturated carbocycles. The van der Waals surface area contributed by atoms with E-state index in [1.54, 1.807) is 0 Å². The topological polar surface area (TPSA) is 72.2 Å². The van der Waals surface area contributed by atoms with Crippen LogP contribution in [-0.4, -0.2) is 14.5 Å². The Labute approximate surface area is 101 Å². The molecule has 4 nitrogen and oxygen atoms in total. The molecule has 0 saturated heterocycles. The normalized spacial score (nSPS) is 13.8. The number of nitrogens with one attached hydrogen (secondary N) is 1. The summed E-state index contributed by atoms with van der Waals surface area (Å²) in [5.41, 5.74) is 0.276. The van der Waals surface area contributed by atoms with Crippen LogP contribution in [0.4, 0.5) is 10.1 Å². The summed E-state index contributed by atoms with van der Waals surface area (Å²) in [6, 6.07) is 3.68. The Morgan fingerprint density at radius 3 is 2.29 bits per heavy atom. The molecule has 0 radical (unpaired) electrons. The molecule has 0 heterocycles. The Kier molecular flexibility index (Phi) is 4.11. The van der Waals surface area contributed by atoms with E-state index in [1.807, 2.05) is 20.8 Å². The molecule has 1 aromatic rings. The average Bonchev–Trinajstić information content (AvgIpc) is 2.19. The van der Waals surface area contributed by atoms with Crippen molar-refractivity contribution in [1.82, 2.24) is 0 Å². The van der Waals surface area contributed by atoms with Crippen molar-refractivity contribution in [2.24, 2.45) is 11.1 Å². The van der Waals surface area contributed by atoms with Gasteiger partial charge in [-0.15, -0.1) is 0 Å². The summed E-state index contributed by atoms with van der Waals surface area (Å²) in [5.74, 6) is -0.281. The smallest absolute Gasteiger partial charge is 0.238 e. The quantitative estimate of drug-likeness (QED) is 0.868. The van der Waals surface area contributed by atoms with E-state index >= 15 is 0 Å². The Balaban J connectivity index is 2.99. The van der Waals surface area contributed by atoms with Crippen molar-refractivity contribution in [2.75, 3.05) is 5.32 Å². The van der Waals surface area contributed by atoms with Crippen LogP contribution in [0.25, 0.3) is 0 Å². The van der Waals surface area contributed by atoms with Gasteiger partial charge in [-0.25, -0.2) is 17.9 Å². The van der Waals surface area contributed by atoms with Crippen molar-refractivity contribution in [2.45, 2.75) is 31.7 Å². The predicted molar refractivity (Wildman–Crippen MR) is 65.7 cm³/mol. The second-order valence-corrected chi connectivity index (χ2v) is 5.93. The van der Waals surface area contributed by atoms with Gasteiger partial charge in [0.2, 0.25) is 10.0 Å². The number of sulfonamides is 1. The van der Waals surface area contributed by atoms with E-state index in [-0.39, 0.29) is 16.6 Å². The van der Waals surface area contributed by atoms with Crippen LogP contribution in [-0.2, 0) is 10.0 Å². The SMILES string of the molecule is CC(C)C(C)Nc1ccc(S(N)(=O)=O)cc1F. The summed E-state index contributed by atoms with van der Waals surface area (Å²) < 4.78 is 35.7. The summed E-state index contributed by atoms with van der Waals surface area (Å²) in [6.07, 6.45) is 0. The molecular formula is C11H17FN2O2S. The van der Waals surface area contributed by atoms with E-state index in [1.165, 1.54) is 12.1 Å². The van der Waals surface area contributed by atoms with Gasteiger partial charge in [0, 0.05) is 6.04 Å². The molecule has 0 fully saturated rings. The molecule has 3 N–H and O–H groups in total. The third kappa shape index (κ3) is 3.67. The number of anilines is 1. The second-order valence-electron chi connectivity index (χ2n) is 4.36. The van der Waals surface area contributed by atoms with Crippen molar-refractivity contribution in [3.8, 4) is 0 Å². The van der Waals surface area contributed by atoms with E-state index < -0.39 is 15.8 Å². The maximum absolute atomic E-state index is 13.6. The molecule has 0 aliphatic heterocycles. The summed E-state index contributed by atoms with van der Waals surface area (Å²) in [5, 5.41) is 7.89. The summed E-state index contributed by atoms with van der Waals surface area (Å²) in [6.45, 7) is 5.94. The van der Waals surface area contributed by atoms with E-state index in [4.69, 9.17) is 5.14 Å². The molecule has 0 aliphatic rings. The van der Waals surface area contributed by atoms with Crippen molar-refractivity contribution < 1.29 is 12.8 Å². The molecule has 0 spiro atoms. The minimum Gasteiger partial charge on any atom is -0.380 e. The predicted octanol–water partition coefficient (Wildman–Crippen LogP) is 1.93. The van der Waals surface area contributed by atoms with Crippen molar-refractivity contribution >= 4 is 15.7 Å². The highest BCUT2D eigenvalue weighted by Gasteiger charge is 2.13. The first-order valence-corrected chi connectivity index (χ1v) is 6.85. The number of nitrogens with two attached hydrogens (primary N) is 1. The molecule has 1 aromatic carbocycles. The number of halogens is 1. The lowest BCUT2D eigenvalue weighted by atomic mass is 10.1. The minimum absolute atomic E-state index is 0.0878. The fraction of sp³-hybridized carbons (Fsp3) is 0.455. The Bertz CT molecular complexity index is 500. The van der Waals surface area contributed by atoms with Gasteiger partial charge in [-0.1, -0.05) is 13.8 Å². The van der Waals surface area contributed by atoms with Crippen LogP contribution in [0.3, 0.4) is 0 Å². The zero-order valence-corrected chi connectivity index (χ0v) is 10.9. The van der Waals surface area contributed by atoms with Gasteiger partial charge < -0.3 is 5.32 Å². The van der Waals surface area contributed by atoms with Gasteiger partial charge in [0.05, 0.1) is 10.6 Å². The van der Waals surface area contributed by atoms with E-state index in [9.17, 15) is 12.8 Å². The van der Waals surface area contributed by atoms with Crippen LogP contribution in [0.15, 0.2) is 23.1 Å². The largest absolute Gasteiger partial charge is 0.380 e. The molecule has 0 aliphatic carbocycles. The average molecular weight is 260 g/mol. The Morgan fingerprint density at radius 1 is 1.29 bits per heavy atom. The molecule has 0 aromatic heterocycles. The zero-order valence-electron chi connectivity index (χ0n) is 10.1. The maximum Gasteiger partial charge on any atom is 0.238 e. The van der Waals surface area contributed by atoms with E-state index in [0.717, 1.165) is 6.07 Å². The number of rotatable bonds is 4. The van der Waals surface area contributed by atoms with Crippen molar-refractivity contribution in [3.63, 3.8) is 0 Å². The molecule has 0 bridgehead atoms. The third-order valence-electron chi connectivity index (χ3n) is 2.65. The molecule has 96 valence electrons. The summed E-state index contributed by atoms with van der Waals surface area (Å²) in [4.78, 5) is -0.224. The van der Waals surface area contributed by atoms with Crippen molar-refractivity contribution in [3.05, 3.63) is 24.0 Å². The van der Waals surface area contributed by atoms with E-state index in [0.29, 0.717) is 5.92 Å². The highest BCUT2D eigenvalue weighted by Crippen LogP contribution is 2.20. The fourth-order valence-electron chi connectivity index (χ4n) is 1.20. The number of hydrogen-bond acceptors (Lipinski definition) is 3. The Morgan fingerprint density at radius 2 is 1.88 bits per heavy atom. The van der Waals surface area contributed by atoms with Gasteiger partial charge in [0.1, 0.15) is 5.82 Å². The number of benzene rings is 1. The van der Waals surface area contributed by atoms with E-state index in [2.05, 4.69) is 5.32 Å². The number of hydrogen-bond donors (Lipinski definition) is 2. The van der Waals surface area contributed by atoms with Crippen LogP contribution in [0.1, 0.15) is 20.8 Å². The standard InChI is InChI=1S/C11H17FN2O2S/c1-7(2)8(3)14-11-5-4-9(6-10(11)12)17(13,15)16/h4-8,14H,1-3H3,(H2,13,15,16). The van der Waals surface area contributed by atoms with Crippen LogP contribution < -0.4 is 10.5 Å². The first-order valence-electron chi connectivity index (χ1n) is 5.30. The molecule has 1 rings (SSSR count). The van der Waals surface area contributed by atoms with Crippen LogP contribution in [0.5, 0.6) is 0 Å². The maximum atomic E-state index is 13.6. The molecule has 0 amide bonds. The monoisotopic (exact) mass is 260 g/mol. The first-order chi connectivity index (χ1) is 7.71. The lowest BCUT2D eigenvalue weighted by molar-refractivity contribution is 0.551. The lowest BCUT2D eigenvalue weighted by Crippen LogP contribution is -2.22. The van der Waals surface area contributed by atoms with Gasteiger partial charge in [-0.05, 0) is 31.0 Å². The van der Waals surface area contributed by atoms with Crippen LogP contribution in [0, 0.1) is 11.7 Å². The zero-order chi connectivity index (χ0) is 13.2. The number of primary sulfonamides is 1. The summed E-state index contributed by atoms with van der Waals surface area (Å²) >= 11 is 0. The molecular weight excluding hydrogens is 243 g/mol. The lowest BCUT2D eigenvalue weighted by Gasteiger charge is -2.19. The van der Waals surface area contributed by atoms with Gasteiger partial charge in [-0.2, -0.15) is 0 Å². The summed E-state index contributed by atoms with van der Waals surface area (Å²) in [7, 11) is -3.85. The second kappa shape index (κ2) is 5.01. The Hall–Kier alpha value is -1.14. The minimum atomic E-state index is -3.85. The van der Waals surface area contributed by atoms with Crippen LogP contribution >= 0.6 is 0 Å².